The van der Waals surface area contributed by atoms with Crippen LogP contribution >= 0.6 is 0 Å². The summed E-state index contributed by atoms with van der Waals surface area (Å²) in [5, 5.41) is 12.1. The van der Waals surface area contributed by atoms with E-state index in [0.717, 1.165) is 25.9 Å². The molecule has 0 radical (unpaired) electrons. The van der Waals surface area contributed by atoms with Crippen molar-refractivity contribution in [3.63, 3.8) is 0 Å². The summed E-state index contributed by atoms with van der Waals surface area (Å²) >= 11 is 0. The van der Waals surface area contributed by atoms with Crippen molar-refractivity contribution in [1.82, 2.24) is 10.2 Å². The van der Waals surface area contributed by atoms with E-state index in [1.165, 1.54) is 11.4 Å². The summed E-state index contributed by atoms with van der Waals surface area (Å²) < 4.78 is 0. The maximum Gasteiger partial charge on any atom is 0.317 e. The minimum Gasteiger partial charge on any atom is -0.395 e. The van der Waals surface area contributed by atoms with Crippen molar-refractivity contribution in [3.8, 4) is 0 Å². The number of aliphatic hydroxyl groups is 1. The van der Waals surface area contributed by atoms with Crippen LogP contribution in [0.3, 0.4) is 0 Å². The summed E-state index contributed by atoms with van der Waals surface area (Å²) in [6.45, 7) is 6.25. The van der Waals surface area contributed by atoms with E-state index in [1.54, 1.807) is 11.0 Å². The number of hydrogen-bond acceptors (Lipinski definition) is 4. The summed E-state index contributed by atoms with van der Waals surface area (Å²) in [5.41, 5.74) is 2.42. The van der Waals surface area contributed by atoms with Crippen LogP contribution in [0.25, 0.3) is 0 Å². The first-order valence-electron chi connectivity index (χ1n) is 8.84. The van der Waals surface area contributed by atoms with Crippen LogP contribution in [-0.2, 0) is 0 Å². The van der Waals surface area contributed by atoms with E-state index in [4.69, 9.17) is 5.11 Å². The smallest absolute Gasteiger partial charge is 0.317 e. The zero-order chi connectivity index (χ0) is 18.2. The molecule has 2 rings (SSSR count). The van der Waals surface area contributed by atoms with Gasteiger partial charge in [0.25, 0.3) is 0 Å². The molecule has 0 aliphatic carbocycles. The fourth-order valence-corrected chi connectivity index (χ4v) is 3.06. The highest BCUT2D eigenvalue weighted by Crippen LogP contribution is 2.23. The molecule has 138 valence electrons. The van der Waals surface area contributed by atoms with Gasteiger partial charge in [-0.3, -0.25) is 0 Å². The van der Waals surface area contributed by atoms with Crippen LogP contribution in [0.5, 0.6) is 0 Å². The number of nitrogens with one attached hydrogen (secondary N) is 1. The predicted octanol–water partition coefficient (Wildman–Crippen LogP) is 1.91. The molecule has 1 aliphatic heterocycles. The topological polar surface area (TPSA) is 59.1 Å². The van der Waals surface area contributed by atoms with Crippen LogP contribution in [0.15, 0.2) is 36.9 Å². The molecule has 2 N–H and O–H groups in total. The molecule has 0 spiro atoms. The molecule has 1 aromatic rings. The molecule has 0 saturated carbocycles. The van der Waals surface area contributed by atoms with Crippen LogP contribution in [0.1, 0.15) is 12.8 Å². The number of aliphatic hydroxyl groups excluding tert-OH is 1. The second-order valence-electron chi connectivity index (χ2n) is 6.58. The van der Waals surface area contributed by atoms with Gasteiger partial charge in [0.05, 0.1) is 6.61 Å². The Morgan fingerprint density at radius 2 is 1.96 bits per heavy atom. The molecule has 1 heterocycles. The molecular formula is C19H30N4O2. The zero-order valence-corrected chi connectivity index (χ0v) is 15.3. The van der Waals surface area contributed by atoms with Crippen molar-refractivity contribution < 1.29 is 9.90 Å². The number of carbonyl (C=O) groups excluding carboxylic acids is 1. The summed E-state index contributed by atoms with van der Waals surface area (Å²) in [4.78, 5) is 18.3. The lowest BCUT2D eigenvalue weighted by Gasteiger charge is -2.35. The number of amides is 2. The monoisotopic (exact) mass is 346 g/mol. The molecule has 1 aliphatic rings. The number of piperidine rings is 1. The van der Waals surface area contributed by atoms with Crippen molar-refractivity contribution >= 4 is 17.4 Å². The molecule has 1 fully saturated rings. The molecule has 0 unspecified atom stereocenters. The van der Waals surface area contributed by atoms with Crippen molar-refractivity contribution in [1.29, 1.82) is 0 Å². The largest absolute Gasteiger partial charge is 0.395 e. The van der Waals surface area contributed by atoms with Crippen molar-refractivity contribution in [2.24, 2.45) is 0 Å². The standard InChI is InChI=1S/C19H30N4O2/c1-4-11-23(14-15-24)19(25)20-16-9-12-22(13-10-16)18-7-5-17(6-8-18)21(2)3/h4-8,16,24H,1,9-15H2,2-3H3,(H,20,25). The van der Waals surface area contributed by atoms with Crippen molar-refractivity contribution in [3.05, 3.63) is 36.9 Å². The average Bonchev–Trinajstić information content (AvgIpc) is 2.62. The van der Waals surface area contributed by atoms with Gasteiger partial charge >= 0.3 is 6.03 Å². The van der Waals surface area contributed by atoms with Gasteiger partial charge in [0.1, 0.15) is 0 Å². The number of anilines is 2. The Kier molecular flexibility index (Phi) is 7.13. The molecule has 6 heteroatoms. The van der Waals surface area contributed by atoms with E-state index < -0.39 is 0 Å². The highest BCUT2D eigenvalue weighted by molar-refractivity contribution is 5.74. The van der Waals surface area contributed by atoms with Gasteiger partial charge in [-0.25, -0.2) is 4.79 Å². The molecule has 25 heavy (non-hydrogen) atoms. The van der Waals surface area contributed by atoms with Crippen molar-refractivity contribution in [2.75, 3.05) is 56.7 Å². The van der Waals surface area contributed by atoms with Gasteiger partial charge in [0, 0.05) is 57.7 Å². The summed E-state index contributed by atoms with van der Waals surface area (Å²) in [6.07, 6.45) is 3.51. The lowest BCUT2D eigenvalue weighted by molar-refractivity contribution is 0.178. The van der Waals surface area contributed by atoms with Crippen LogP contribution in [0, 0.1) is 0 Å². The first-order valence-corrected chi connectivity index (χ1v) is 8.84. The fraction of sp³-hybridized carbons (Fsp3) is 0.526. The summed E-state index contributed by atoms with van der Waals surface area (Å²) in [5.74, 6) is 0. The van der Waals surface area contributed by atoms with Crippen molar-refractivity contribution in [2.45, 2.75) is 18.9 Å². The second-order valence-corrected chi connectivity index (χ2v) is 6.58. The minimum absolute atomic E-state index is 0.0390. The normalized spacial score (nSPS) is 14.9. The number of hydrogen-bond donors (Lipinski definition) is 2. The van der Waals surface area contributed by atoms with Gasteiger partial charge in [0.15, 0.2) is 0 Å². The maximum absolute atomic E-state index is 12.3. The van der Waals surface area contributed by atoms with E-state index in [9.17, 15) is 4.79 Å². The molecule has 1 saturated heterocycles. The fourth-order valence-electron chi connectivity index (χ4n) is 3.06. The van der Waals surface area contributed by atoms with Gasteiger partial charge in [-0.2, -0.15) is 0 Å². The van der Waals surface area contributed by atoms with Gasteiger partial charge in [0.2, 0.25) is 0 Å². The van der Waals surface area contributed by atoms with E-state index in [0.29, 0.717) is 13.1 Å². The number of urea groups is 1. The van der Waals surface area contributed by atoms with Gasteiger partial charge in [-0.15, -0.1) is 6.58 Å². The number of rotatable bonds is 7. The Labute approximate surface area is 150 Å². The van der Waals surface area contributed by atoms with E-state index in [1.807, 2.05) is 14.1 Å². The number of nitrogens with zero attached hydrogens (tertiary/aromatic N) is 3. The average molecular weight is 346 g/mol. The molecule has 0 bridgehead atoms. The molecule has 6 nitrogen and oxygen atoms in total. The Morgan fingerprint density at radius 1 is 1.32 bits per heavy atom. The van der Waals surface area contributed by atoms with E-state index >= 15 is 0 Å². The number of benzene rings is 1. The van der Waals surface area contributed by atoms with E-state index in [2.05, 4.69) is 46.0 Å². The lowest BCUT2D eigenvalue weighted by atomic mass is 10.0. The quantitative estimate of drug-likeness (QED) is 0.741. The van der Waals surface area contributed by atoms with Gasteiger partial charge in [-0.1, -0.05) is 6.08 Å². The van der Waals surface area contributed by atoms with Crippen LogP contribution in [0.4, 0.5) is 16.2 Å². The third-order valence-electron chi connectivity index (χ3n) is 4.56. The first-order chi connectivity index (χ1) is 12.0. The summed E-state index contributed by atoms with van der Waals surface area (Å²) in [6, 6.07) is 8.62. The van der Waals surface area contributed by atoms with Gasteiger partial charge < -0.3 is 25.1 Å². The Hall–Kier alpha value is -2.21. The Bertz CT molecular complexity index is 551. The molecule has 0 atom stereocenters. The van der Waals surface area contributed by atoms with Crippen LogP contribution < -0.4 is 15.1 Å². The second kappa shape index (κ2) is 9.32. The van der Waals surface area contributed by atoms with E-state index in [-0.39, 0.29) is 18.7 Å². The minimum atomic E-state index is -0.122. The highest BCUT2D eigenvalue weighted by Gasteiger charge is 2.22. The van der Waals surface area contributed by atoms with Crippen LogP contribution in [0.2, 0.25) is 0 Å². The molecular weight excluding hydrogens is 316 g/mol. The predicted molar refractivity (Wildman–Crippen MR) is 103 cm³/mol. The molecule has 2 amide bonds. The Balaban J connectivity index is 1.84. The third-order valence-corrected chi connectivity index (χ3v) is 4.56. The summed E-state index contributed by atoms with van der Waals surface area (Å²) in [7, 11) is 4.07. The zero-order valence-electron chi connectivity index (χ0n) is 15.3. The maximum atomic E-state index is 12.3. The third kappa shape index (κ3) is 5.39. The molecule has 1 aromatic carbocycles. The Morgan fingerprint density at radius 3 is 2.48 bits per heavy atom. The first kappa shape index (κ1) is 19.1. The van der Waals surface area contributed by atoms with Gasteiger partial charge in [-0.05, 0) is 37.1 Å². The lowest BCUT2D eigenvalue weighted by Crippen LogP contribution is -2.50. The highest BCUT2D eigenvalue weighted by atomic mass is 16.3. The molecule has 0 aromatic heterocycles. The van der Waals surface area contributed by atoms with Crippen LogP contribution in [-0.4, -0.2) is 69.0 Å². The number of carbonyl (C=O) groups is 1. The SMILES string of the molecule is C=CCN(CCO)C(=O)NC1CCN(c2ccc(N(C)C)cc2)CC1.